The summed E-state index contributed by atoms with van der Waals surface area (Å²) in [5, 5.41) is 1.13. The SMILES string of the molecule is CCO[Si](C)(OCC)c1ccc(N(c2ccc(CC)cc2)c2ccc(-c3ccc(N(c4ccc(CC)cc4)c4ccc(CC)cc4)cc3)cc2)cc1. The third kappa shape index (κ3) is 8.23. The largest absolute Gasteiger partial charge is 0.391 e. The molecule has 266 valence electrons. The first-order valence-electron chi connectivity index (χ1n) is 18.9. The molecule has 0 aliphatic rings. The Hall–Kier alpha value is -4.94. The van der Waals surface area contributed by atoms with E-state index in [0.717, 1.165) is 58.6 Å². The van der Waals surface area contributed by atoms with Crippen molar-refractivity contribution in [3.8, 4) is 11.1 Å². The summed E-state index contributed by atoms with van der Waals surface area (Å²) in [5.74, 6) is 0. The van der Waals surface area contributed by atoms with E-state index >= 15 is 0 Å². The molecule has 0 N–H and O–H groups in total. The monoisotopic (exact) mass is 704 g/mol. The minimum Gasteiger partial charge on any atom is -0.391 e. The summed E-state index contributed by atoms with van der Waals surface area (Å²) in [7, 11) is -2.48. The van der Waals surface area contributed by atoms with Crippen LogP contribution < -0.4 is 15.0 Å². The van der Waals surface area contributed by atoms with Crippen LogP contribution in [0.4, 0.5) is 34.1 Å². The Morgan fingerprint density at radius 3 is 0.865 bits per heavy atom. The summed E-state index contributed by atoms with van der Waals surface area (Å²) in [4.78, 5) is 4.66. The summed E-state index contributed by atoms with van der Waals surface area (Å²) in [6.07, 6.45) is 3.06. The van der Waals surface area contributed by atoms with Gasteiger partial charge in [-0.1, -0.05) is 93.6 Å². The van der Waals surface area contributed by atoms with Gasteiger partial charge in [-0.25, -0.2) is 0 Å². The van der Waals surface area contributed by atoms with Crippen molar-refractivity contribution in [3.05, 3.63) is 162 Å². The Morgan fingerprint density at radius 2 is 0.615 bits per heavy atom. The highest BCUT2D eigenvalue weighted by Crippen LogP contribution is 2.38. The van der Waals surface area contributed by atoms with E-state index in [2.05, 4.69) is 183 Å². The molecule has 0 atom stereocenters. The average Bonchev–Trinajstić information content (AvgIpc) is 3.20. The van der Waals surface area contributed by atoms with Gasteiger partial charge in [-0.05, 0) is 145 Å². The quantitative estimate of drug-likeness (QED) is 0.0994. The highest BCUT2D eigenvalue weighted by molar-refractivity contribution is 6.80. The van der Waals surface area contributed by atoms with Crippen molar-refractivity contribution in [2.24, 2.45) is 0 Å². The molecule has 6 rings (SSSR count). The molecule has 0 radical (unpaired) electrons. The first kappa shape index (κ1) is 36.8. The van der Waals surface area contributed by atoms with Crippen molar-refractivity contribution in [1.29, 1.82) is 0 Å². The second-order valence-corrected chi connectivity index (χ2v) is 16.2. The molecule has 0 bridgehead atoms. The van der Waals surface area contributed by atoms with Gasteiger partial charge in [0.2, 0.25) is 0 Å². The fraction of sp³-hybridized carbons (Fsp3) is 0.234. The minimum absolute atomic E-state index is 0.632. The third-order valence-electron chi connectivity index (χ3n) is 9.88. The Bertz CT molecular complexity index is 1940. The van der Waals surface area contributed by atoms with Gasteiger partial charge in [0, 0.05) is 47.3 Å². The number of hydrogen-bond acceptors (Lipinski definition) is 4. The Labute approximate surface area is 312 Å². The third-order valence-corrected chi connectivity index (χ3v) is 12.9. The maximum Gasteiger partial charge on any atom is 0.369 e. The van der Waals surface area contributed by atoms with E-state index in [1.54, 1.807) is 0 Å². The van der Waals surface area contributed by atoms with Crippen LogP contribution in [-0.2, 0) is 28.1 Å². The number of hydrogen-bond donors (Lipinski definition) is 0. The lowest BCUT2D eigenvalue weighted by Crippen LogP contribution is -2.51. The highest BCUT2D eigenvalue weighted by atomic mass is 28.4. The van der Waals surface area contributed by atoms with Crippen LogP contribution in [0.3, 0.4) is 0 Å². The lowest BCUT2D eigenvalue weighted by atomic mass is 10.0. The molecule has 5 heteroatoms. The molecule has 0 spiro atoms. The van der Waals surface area contributed by atoms with Crippen molar-refractivity contribution in [2.75, 3.05) is 23.0 Å². The summed E-state index contributed by atoms with van der Waals surface area (Å²) >= 11 is 0. The van der Waals surface area contributed by atoms with Gasteiger partial charge in [-0.15, -0.1) is 0 Å². The van der Waals surface area contributed by atoms with Gasteiger partial charge in [0.25, 0.3) is 0 Å². The smallest absolute Gasteiger partial charge is 0.369 e. The van der Waals surface area contributed by atoms with Crippen molar-refractivity contribution < 1.29 is 8.85 Å². The number of benzene rings is 6. The predicted octanol–water partition coefficient (Wildman–Crippen LogP) is 12.3. The molecule has 6 aromatic carbocycles. The topological polar surface area (TPSA) is 24.9 Å². The number of nitrogens with zero attached hydrogens (tertiary/aromatic N) is 2. The molecule has 0 saturated carbocycles. The van der Waals surface area contributed by atoms with Crippen molar-refractivity contribution in [1.82, 2.24) is 0 Å². The molecule has 0 aliphatic carbocycles. The van der Waals surface area contributed by atoms with Crippen LogP contribution in [0.2, 0.25) is 6.55 Å². The normalized spacial score (nSPS) is 11.4. The number of anilines is 6. The standard InChI is InChI=1S/C47H52N2O2Si/c1-7-36-12-22-41(23-13-36)48(42-24-14-37(8-2)15-25-42)44-28-18-39(19-29-44)40-20-30-45(31-21-40)49(43-26-16-38(9-3)17-27-43)46-32-34-47(35-33-46)52(6,50-10-4)51-11-5/h12-35H,7-11H2,1-6H3. The Balaban J connectivity index is 1.31. The van der Waals surface area contributed by atoms with Gasteiger partial charge < -0.3 is 18.7 Å². The van der Waals surface area contributed by atoms with E-state index in [1.807, 2.05) is 13.8 Å². The molecule has 52 heavy (non-hydrogen) atoms. The zero-order valence-electron chi connectivity index (χ0n) is 31.6. The number of rotatable bonds is 15. The Morgan fingerprint density at radius 1 is 0.365 bits per heavy atom. The second kappa shape index (κ2) is 17.0. The van der Waals surface area contributed by atoms with Crippen LogP contribution in [0.1, 0.15) is 51.3 Å². The van der Waals surface area contributed by atoms with E-state index < -0.39 is 8.56 Å². The summed E-state index contributed by atoms with van der Waals surface area (Å²) < 4.78 is 12.4. The van der Waals surface area contributed by atoms with Crippen LogP contribution in [0.5, 0.6) is 0 Å². The fourth-order valence-corrected chi connectivity index (χ4v) is 9.11. The molecule has 4 nitrogen and oxygen atoms in total. The van der Waals surface area contributed by atoms with Crippen molar-refractivity contribution >= 4 is 47.9 Å². The van der Waals surface area contributed by atoms with E-state index in [9.17, 15) is 0 Å². The van der Waals surface area contributed by atoms with E-state index in [4.69, 9.17) is 8.85 Å². The summed E-state index contributed by atoms with van der Waals surface area (Å²) in [5.41, 5.74) is 13.1. The van der Waals surface area contributed by atoms with Crippen LogP contribution >= 0.6 is 0 Å². The maximum absolute atomic E-state index is 6.19. The predicted molar refractivity (Wildman–Crippen MR) is 224 cm³/mol. The molecule has 0 aliphatic heterocycles. The molecule has 0 unspecified atom stereocenters. The zero-order chi connectivity index (χ0) is 36.5. The van der Waals surface area contributed by atoms with Gasteiger partial charge in [0.15, 0.2) is 0 Å². The summed E-state index contributed by atoms with van der Waals surface area (Å²) in [6, 6.07) is 53.3. The maximum atomic E-state index is 6.19. The lowest BCUT2D eigenvalue weighted by molar-refractivity contribution is 0.202. The van der Waals surface area contributed by atoms with Gasteiger partial charge in [-0.2, -0.15) is 0 Å². The molecule has 0 heterocycles. The van der Waals surface area contributed by atoms with Crippen molar-refractivity contribution in [2.45, 2.75) is 60.4 Å². The van der Waals surface area contributed by atoms with Crippen LogP contribution in [0, 0.1) is 0 Å². The molecule has 6 aromatic rings. The van der Waals surface area contributed by atoms with Gasteiger partial charge >= 0.3 is 8.56 Å². The average molecular weight is 705 g/mol. The van der Waals surface area contributed by atoms with E-state index in [-0.39, 0.29) is 0 Å². The highest BCUT2D eigenvalue weighted by Gasteiger charge is 2.33. The molecule has 0 fully saturated rings. The Kier molecular flexibility index (Phi) is 12.1. The molecule has 0 saturated heterocycles. The zero-order valence-corrected chi connectivity index (χ0v) is 32.6. The molecule has 0 amide bonds. The lowest BCUT2D eigenvalue weighted by Gasteiger charge is -2.29. The van der Waals surface area contributed by atoms with E-state index in [0.29, 0.717) is 13.2 Å². The van der Waals surface area contributed by atoms with Gasteiger partial charge in [0.05, 0.1) is 0 Å². The summed E-state index contributed by atoms with van der Waals surface area (Å²) in [6.45, 7) is 14.1. The number of aryl methyl sites for hydroxylation is 3. The van der Waals surface area contributed by atoms with Crippen LogP contribution in [-0.4, -0.2) is 21.8 Å². The fourth-order valence-electron chi connectivity index (χ4n) is 6.81. The van der Waals surface area contributed by atoms with Crippen LogP contribution in [0.25, 0.3) is 11.1 Å². The van der Waals surface area contributed by atoms with Gasteiger partial charge in [0.1, 0.15) is 0 Å². The first-order valence-corrected chi connectivity index (χ1v) is 21.2. The minimum atomic E-state index is -2.48. The second-order valence-electron chi connectivity index (χ2n) is 13.2. The first-order chi connectivity index (χ1) is 25.4. The molecular weight excluding hydrogens is 653 g/mol. The molecular formula is C47H52N2O2Si. The van der Waals surface area contributed by atoms with E-state index in [1.165, 1.54) is 27.8 Å². The van der Waals surface area contributed by atoms with Crippen LogP contribution in [0.15, 0.2) is 146 Å². The molecule has 0 aromatic heterocycles. The van der Waals surface area contributed by atoms with Crippen molar-refractivity contribution in [3.63, 3.8) is 0 Å². The van der Waals surface area contributed by atoms with Gasteiger partial charge in [-0.3, -0.25) is 0 Å².